The number of primary sulfonamides is 1. The molecule has 0 aliphatic carbocycles. The van der Waals surface area contributed by atoms with Gasteiger partial charge < -0.3 is 9.64 Å². The number of rotatable bonds is 4. The lowest BCUT2D eigenvalue weighted by molar-refractivity contribution is 0.0613. The molecule has 0 spiro atoms. The highest BCUT2D eigenvalue weighted by Gasteiger charge is 2.27. The first-order valence-corrected chi connectivity index (χ1v) is 9.16. The minimum Gasteiger partial charge on any atom is -0.384 e. The molecule has 8 heteroatoms. The molecule has 1 fully saturated rings. The van der Waals surface area contributed by atoms with Gasteiger partial charge in [0, 0.05) is 32.2 Å². The first-order valence-electron chi connectivity index (χ1n) is 6.73. The molecule has 6 nitrogen and oxygen atoms in total. The first kappa shape index (κ1) is 16.4. The molecule has 0 bridgehead atoms. The molecule has 118 valence electrons. The van der Waals surface area contributed by atoms with E-state index in [2.05, 4.69) is 0 Å². The maximum atomic E-state index is 12.5. The molecule has 2 N–H and O–H groups in total. The third-order valence-corrected chi connectivity index (χ3v) is 6.47. The van der Waals surface area contributed by atoms with E-state index in [9.17, 15) is 13.2 Å². The van der Waals surface area contributed by atoms with Crippen LogP contribution in [0.2, 0.25) is 0 Å². The molecule has 0 radical (unpaired) electrons. The van der Waals surface area contributed by atoms with Crippen LogP contribution in [0, 0.1) is 12.8 Å². The van der Waals surface area contributed by atoms with Crippen LogP contribution in [0.15, 0.2) is 9.59 Å². The number of sulfonamides is 1. The number of methoxy groups -OCH3 is 1. The largest absolute Gasteiger partial charge is 0.384 e. The molecule has 2 heterocycles. The van der Waals surface area contributed by atoms with Crippen LogP contribution >= 0.6 is 11.3 Å². The van der Waals surface area contributed by atoms with Crippen molar-refractivity contribution in [2.75, 3.05) is 26.8 Å². The van der Waals surface area contributed by atoms with Gasteiger partial charge in [0.25, 0.3) is 5.91 Å². The Morgan fingerprint density at radius 2 is 2.10 bits per heavy atom. The molecule has 1 aromatic heterocycles. The quantitative estimate of drug-likeness (QED) is 0.897. The predicted molar refractivity (Wildman–Crippen MR) is 80.9 cm³/mol. The van der Waals surface area contributed by atoms with Crippen LogP contribution in [-0.4, -0.2) is 46.0 Å². The third kappa shape index (κ3) is 3.63. The van der Waals surface area contributed by atoms with E-state index in [1.54, 1.807) is 24.3 Å². The zero-order valence-electron chi connectivity index (χ0n) is 12.2. The molecule has 1 amide bonds. The van der Waals surface area contributed by atoms with Crippen LogP contribution in [0.1, 0.15) is 28.8 Å². The average molecular weight is 332 g/mol. The summed E-state index contributed by atoms with van der Waals surface area (Å²) in [5.41, 5.74) is 0.890. The lowest BCUT2D eigenvalue weighted by Gasteiger charge is -2.31. The molecule has 2 rings (SSSR count). The number of hydrogen-bond donors (Lipinski definition) is 1. The summed E-state index contributed by atoms with van der Waals surface area (Å²) >= 11 is 1.00. The van der Waals surface area contributed by atoms with Crippen molar-refractivity contribution >= 4 is 27.3 Å². The second kappa shape index (κ2) is 6.43. The van der Waals surface area contributed by atoms with Crippen molar-refractivity contribution in [2.24, 2.45) is 11.1 Å². The normalized spacial score (nSPS) is 17.2. The predicted octanol–water partition coefficient (Wildman–Crippen LogP) is 1.20. The molecule has 1 saturated heterocycles. The maximum Gasteiger partial charge on any atom is 0.255 e. The number of thiophene rings is 1. The number of nitrogens with zero attached hydrogens (tertiary/aromatic N) is 1. The Bertz CT molecular complexity index is 616. The van der Waals surface area contributed by atoms with E-state index in [1.807, 2.05) is 0 Å². The van der Waals surface area contributed by atoms with E-state index in [0.717, 1.165) is 30.8 Å². The summed E-state index contributed by atoms with van der Waals surface area (Å²) in [6.45, 7) is 3.69. The summed E-state index contributed by atoms with van der Waals surface area (Å²) in [6, 6.07) is 0. The fourth-order valence-electron chi connectivity index (χ4n) is 2.60. The van der Waals surface area contributed by atoms with Crippen LogP contribution in [0.3, 0.4) is 0 Å². The lowest BCUT2D eigenvalue weighted by Crippen LogP contribution is -2.39. The van der Waals surface area contributed by atoms with Gasteiger partial charge in [0.1, 0.15) is 4.21 Å². The van der Waals surface area contributed by atoms with Gasteiger partial charge in [0.15, 0.2) is 0 Å². The van der Waals surface area contributed by atoms with Crippen molar-refractivity contribution in [2.45, 2.75) is 24.0 Å². The molecule has 1 aliphatic rings. The minimum absolute atomic E-state index is 0.0696. The monoisotopic (exact) mass is 332 g/mol. The van der Waals surface area contributed by atoms with Crippen molar-refractivity contribution in [3.05, 3.63) is 16.5 Å². The van der Waals surface area contributed by atoms with Crippen molar-refractivity contribution in [1.29, 1.82) is 0 Å². The zero-order chi connectivity index (χ0) is 15.6. The number of hydrogen-bond acceptors (Lipinski definition) is 5. The van der Waals surface area contributed by atoms with Crippen molar-refractivity contribution in [1.82, 2.24) is 4.90 Å². The van der Waals surface area contributed by atoms with Gasteiger partial charge in [-0.1, -0.05) is 0 Å². The summed E-state index contributed by atoms with van der Waals surface area (Å²) in [5, 5.41) is 6.73. The van der Waals surface area contributed by atoms with Gasteiger partial charge >= 0.3 is 0 Å². The van der Waals surface area contributed by atoms with E-state index < -0.39 is 10.0 Å². The Hall–Kier alpha value is -0.960. The summed E-state index contributed by atoms with van der Waals surface area (Å²) in [5.74, 6) is 0.372. The smallest absolute Gasteiger partial charge is 0.255 e. The Morgan fingerprint density at radius 3 is 2.57 bits per heavy atom. The number of carbonyl (C=O) groups is 1. The van der Waals surface area contributed by atoms with Gasteiger partial charge in [-0.3, -0.25) is 4.79 Å². The van der Waals surface area contributed by atoms with E-state index in [1.165, 1.54) is 0 Å². The molecule has 0 aromatic carbocycles. The second-order valence-corrected chi connectivity index (χ2v) is 7.93. The SMILES string of the molecule is COCC1CCN(C(=O)c2csc(S(N)(=O)=O)c2C)CC1. The van der Waals surface area contributed by atoms with Gasteiger partial charge in [-0.2, -0.15) is 0 Å². The fourth-order valence-corrected chi connectivity index (χ4v) is 4.61. The number of likely N-dealkylation sites (tertiary alicyclic amines) is 1. The fraction of sp³-hybridized carbons (Fsp3) is 0.615. The average Bonchev–Trinajstić information content (AvgIpc) is 2.81. The first-order chi connectivity index (χ1) is 9.84. The van der Waals surface area contributed by atoms with Gasteiger partial charge in [-0.15, -0.1) is 11.3 Å². The van der Waals surface area contributed by atoms with Crippen molar-refractivity contribution in [3.8, 4) is 0 Å². The van der Waals surface area contributed by atoms with E-state index in [-0.39, 0.29) is 10.1 Å². The Kier molecular flexibility index (Phi) is 5.03. The van der Waals surface area contributed by atoms with E-state index >= 15 is 0 Å². The van der Waals surface area contributed by atoms with Gasteiger partial charge in [-0.25, -0.2) is 13.6 Å². The topological polar surface area (TPSA) is 89.7 Å². The van der Waals surface area contributed by atoms with Crippen LogP contribution in [0.25, 0.3) is 0 Å². The van der Waals surface area contributed by atoms with Crippen molar-refractivity contribution in [3.63, 3.8) is 0 Å². The Balaban J connectivity index is 2.10. The number of carbonyl (C=O) groups excluding carboxylic acids is 1. The summed E-state index contributed by atoms with van der Waals surface area (Å²) < 4.78 is 28.1. The highest BCUT2D eigenvalue weighted by Crippen LogP contribution is 2.28. The highest BCUT2D eigenvalue weighted by molar-refractivity contribution is 7.91. The Morgan fingerprint density at radius 1 is 1.48 bits per heavy atom. The lowest BCUT2D eigenvalue weighted by atomic mass is 9.97. The molecule has 0 unspecified atom stereocenters. The summed E-state index contributed by atoms with van der Waals surface area (Å²) in [6.07, 6.45) is 1.82. The molecule has 0 atom stereocenters. The van der Waals surface area contributed by atoms with Crippen LogP contribution in [-0.2, 0) is 14.8 Å². The van der Waals surface area contributed by atoms with E-state index in [4.69, 9.17) is 9.88 Å². The van der Waals surface area contributed by atoms with Gasteiger partial charge in [0.05, 0.1) is 5.56 Å². The number of amides is 1. The highest BCUT2D eigenvalue weighted by atomic mass is 32.2. The Labute approximate surface area is 128 Å². The third-order valence-electron chi connectivity index (χ3n) is 3.79. The molecular formula is C13H20N2O4S2. The standard InChI is InChI=1S/C13H20N2O4S2/c1-9-11(8-20-13(9)21(14,17)18)12(16)15-5-3-10(4-6-15)7-19-2/h8,10H,3-7H2,1-2H3,(H2,14,17,18). The summed E-state index contributed by atoms with van der Waals surface area (Å²) in [7, 11) is -2.08. The van der Waals surface area contributed by atoms with Gasteiger partial charge in [0.2, 0.25) is 10.0 Å². The number of ether oxygens (including phenoxy) is 1. The number of piperidine rings is 1. The van der Waals surface area contributed by atoms with E-state index in [0.29, 0.717) is 30.1 Å². The molecular weight excluding hydrogens is 312 g/mol. The molecule has 0 saturated carbocycles. The molecule has 21 heavy (non-hydrogen) atoms. The second-order valence-electron chi connectivity index (χ2n) is 5.30. The zero-order valence-corrected chi connectivity index (χ0v) is 13.8. The van der Waals surface area contributed by atoms with Crippen LogP contribution < -0.4 is 5.14 Å². The van der Waals surface area contributed by atoms with Gasteiger partial charge in [-0.05, 0) is 31.2 Å². The van der Waals surface area contributed by atoms with Crippen LogP contribution in [0.4, 0.5) is 0 Å². The maximum absolute atomic E-state index is 12.5. The molecule has 1 aliphatic heterocycles. The van der Waals surface area contributed by atoms with Crippen LogP contribution in [0.5, 0.6) is 0 Å². The number of nitrogens with two attached hydrogens (primary N) is 1. The molecule has 1 aromatic rings. The minimum atomic E-state index is -3.76. The summed E-state index contributed by atoms with van der Waals surface area (Å²) in [4.78, 5) is 14.3. The van der Waals surface area contributed by atoms with Crippen molar-refractivity contribution < 1.29 is 17.9 Å².